The summed E-state index contributed by atoms with van der Waals surface area (Å²) < 4.78 is 6.83. The number of aromatic amines is 1. The molecular weight excluding hydrogens is 478 g/mol. The number of hydrogen-bond acceptors (Lipinski definition) is 8. The molecule has 0 atom stereocenters. The molecule has 2 N–H and O–H groups in total. The number of rotatable bonds is 4. The van der Waals surface area contributed by atoms with Crippen molar-refractivity contribution >= 4 is 46.4 Å². The Morgan fingerprint density at radius 1 is 1.32 bits per heavy atom. The van der Waals surface area contributed by atoms with Crippen LogP contribution in [-0.2, 0) is 11.8 Å². The van der Waals surface area contributed by atoms with Gasteiger partial charge in [-0.3, -0.25) is 9.89 Å². The van der Waals surface area contributed by atoms with E-state index in [-0.39, 0.29) is 16.1 Å². The van der Waals surface area contributed by atoms with Crippen LogP contribution >= 0.6 is 23.4 Å². The van der Waals surface area contributed by atoms with Crippen molar-refractivity contribution in [2.45, 2.75) is 61.6 Å². The molecule has 0 bridgehead atoms. The van der Waals surface area contributed by atoms with Gasteiger partial charge in [-0.15, -0.1) is 0 Å². The normalized spacial score (nSPS) is 16.0. The number of alkyl carbamates (subject to hydrolysis) is 1. The van der Waals surface area contributed by atoms with E-state index in [9.17, 15) is 9.59 Å². The van der Waals surface area contributed by atoms with Crippen LogP contribution < -0.4 is 15.8 Å². The molecule has 3 aromatic rings. The summed E-state index contributed by atoms with van der Waals surface area (Å²) >= 11 is 7.48. The summed E-state index contributed by atoms with van der Waals surface area (Å²) in [5, 5.41) is 11.0. The Labute approximate surface area is 206 Å². The highest BCUT2D eigenvalue weighted by atomic mass is 35.5. The molecule has 0 unspecified atom stereocenters. The van der Waals surface area contributed by atoms with Gasteiger partial charge in [-0.05, 0) is 46.6 Å². The van der Waals surface area contributed by atoms with Crippen molar-refractivity contribution < 1.29 is 9.53 Å². The molecule has 3 aromatic heterocycles. The van der Waals surface area contributed by atoms with Crippen LogP contribution in [0.1, 0.15) is 40.5 Å². The first kappa shape index (κ1) is 24.3. The monoisotopic (exact) mass is 505 g/mol. The van der Waals surface area contributed by atoms with Crippen LogP contribution in [0.15, 0.2) is 33.2 Å². The maximum absolute atomic E-state index is 12.2. The van der Waals surface area contributed by atoms with E-state index in [1.165, 1.54) is 16.3 Å². The maximum atomic E-state index is 12.2. The zero-order valence-corrected chi connectivity index (χ0v) is 21.4. The van der Waals surface area contributed by atoms with Crippen molar-refractivity contribution in [1.29, 1.82) is 0 Å². The topological polar surface area (TPSA) is 118 Å². The van der Waals surface area contributed by atoms with E-state index >= 15 is 0 Å². The lowest BCUT2D eigenvalue weighted by Crippen LogP contribution is -2.54. The van der Waals surface area contributed by atoms with Gasteiger partial charge in [0.15, 0.2) is 10.7 Å². The number of halogens is 1. The van der Waals surface area contributed by atoms with Crippen molar-refractivity contribution in [3.8, 4) is 0 Å². The van der Waals surface area contributed by atoms with E-state index in [2.05, 4.69) is 25.4 Å². The smallest absolute Gasteiger partial charge is 0.408 e. The lowest BCUT2D eigenvalue weighted by molar-refractivity contribution is 0.0448. The van der Waals surface area contributed by atoms with Crippen LogP contribution in [0.3, 0.4) is 0 Å². The quantitative estimate of drug-likeness (QED) is 0.550. The molecule has 1 fully saturated rings. The molecule has 1 amide bonds. The van der Waals surface area contributed by atoms with Crippen LogP contribution in [0.2, 0.25) is 5.02 Å². The highest BCUT2D eigenvalue weighted by Crippen LogP contribution is 2.34. The van der Waals surface area contributed by atoms with Gasteiger partial charge in [-0.1, -0.05) is 23.4 Å². The minimum Gasteiger partial charge on any atom is -0.444 e. The van der Waals surface area contributed by atoms with Crippen LogP contribution in [0.5, 0.6) is 0 Å². The van der Waals surface area contributed by atoms with Crippen LogP contribution in [0.25, 0.3) is 11.2 Å². The summed E-state index contributed by atoms with van der Waals surface area (Å²) in [5.74, 6) is 0.735. The van der Waals surface area contributed by atoms with Gasteiger partial charge in [0, 0.05) is 36.8 Å². The summed E-state index contributed by atoms with van der Waals surface area (Å²) in [7, 11) is 1.65. The van der Waals surface area contributed by atoms with Crippen LogP contribution in [0.4, 0.5) is 10.6 Å². The summed E-state index contributed by atoms with van der Waals surface area (Å²) in [5.41, 5.74) is 0.0198. The number of nitrogens with one attached hydrogen (secondary N) is 2. The van der Waals surface area contributed by atoms with Crippen molar-refractivity contribution in [3.63, 3.8) is 0 Å². The highest BCUT2D eigenvalue weighted by Gasteiger charge is 2.33. The van der Waals surface area contributed by atoms with Gasteiger partial charge in [-0.25, -0.2) is 14.8 Å². The first-order valence-corrected chi connectivity index (χ1v) is 12.1. The predicted octanol–water partition coefficient (Wildman–Crippen LogP) is 3.74. The van der Waals surface area contributed by atoms with Crippen molar-refractivity contribution in [2.75, 3.05) is 18.0 Å². The van der Waals surface area contributed by atoms with Crippen LogP contribution in [-0.4, -0.2) is 55.1 Å². The zero-order chi connectivity index (χ0) is 24.7. The van der Waals surface area contributed by atoms with E-state index in [0.717, 1.165) is 18.7 Å². The summed E-state index contributed by atoms with van der Waals surface area (Å²) in [6.07, 6.45) is 4.48. The van der Waals surface area contributed by atoms with Gasteiger partial charge in [0.05, 0.1) is 6.20 Å². The molecule has 0 spiro atoms. The number of hydrogen-bond donors (Lipinski definition) is 2. The summed E-state index contributed by atoms with van der Waals surface area (Å²) in [6.45, 7) is 9.00. The number of nitrogens with zero attached hydrogens (tertiary/aromatic N) is 5. The molecule has 1 aliphatic rings. The average molecular weight is 506 g/mol. The van der Waals surface area contributed by atoms with Gasteiger partial charge in [-0.2, -0.15) is 5.10 Å². The van der Waals surface area contributed by atoms with Gasteiger partial charge in [0.2, 0.25) is 0 Å². The second kappa shape index (κ2) is 9.10. The highest BCUT2D eigenvalue weighted by molar-refractivity contribution is 7.99. The van der Waals surface area contributed by atoms with Crippen molar-refractivity contribution in [3.05, 3.63) is 33.8 Å². The Morgan fingerprint density at radius 2 is 2.03 bits per heavy atom. The summed E-state index contributed by atoms with van der Waals surface area (Å²) in [6, 6.07) is 1.77. The molecule has 0 radical (unpaired) electrons. The number of fused-ring (bicyclic) bond motifs is 1. The number of amides is 1. The number of carbonyl (C=O) groups excluding carboxylic acids is 1. The number of aryl methyl sites for hydroxylation is 1. The Bertz CT molecular complexity index is 1280. The number of carbonyl (C=O) groups is 1. The molecule has 0 aliphatic carbocycles. The molecule has 34 heavy (non-hydrogen) atoms. The first-order chi connectivity index (χ1) is 15.9. The minimum absolute atomic E-state index is 0.145. The Morgan fingerprint density at radius 3 is 2.71 bits per heavy atom. The zero-order valence-electron chi connectivity index (χ0n) is 19.8. The predicted molar refractivity (Wildman–Crippen MR) is 132 cm³/mol. The van der Waals surface area contributed by atoms with E-state index in [1.54, 1.807) is 25.5 Å². The molecular formula is C22H28ClN7O3S. The second-order valence-corrected chi connectivity index (χ2v) is 11.0. The van der Waals surface area contributed by atoms with E-state index in [1.807, 2.05) is 27.7 Å². The molecule has 12 heteroatoms. The fraction of sp³-hybridized carbons (Fsp3) is 0.500. The number of pyridine rings is 1. The lowest BCUT2D eigenvalue weighted by Gasteiger charge is -2.40. The van der Waals surface area contributed by atoms with E-state index in [4.69, 9.17) is 21.3 Å². The SMILES string of the molecule is Cn1ccc(Sc2n[nH]c3nc(N4CCC(C)(NC(=O)OC(C)(C)C)CC4)cnc23)c(Cl)c1=O. The molecule has 4 rings (SSSR count). The molecule has 0 aromatic carbocycles. The van der Waals surface area contributed by atoms with Gasteiger partial charge >= 0.3 is 6.09 Å². The number of anilines is 1. The first-order valence-electron chi connectivity index (χ1n) is 10.9. The molecule has 1 aliphatic heterocycles. The van der Waals surface area contributed by atoms with Gasteiger partial charge in [0.1, 0.15) is 22.0 Å². The third kappa shape index (κ3) is 5.30. The standard InChI is InChI=1S/C22H28ClN7O3S/c1-21(2,3)33-20(32)26-22(4)7-10-30(11-8-22)14-12-24-16-17(25-14)27-28-18(16)34-13-6-9-29(5)19(31)15(13)23/h6,9,12H,7-8,10-11H2,1-5H3,(H,26,32)(H,25,27,28). The molecule has 0 saturated carbocycles. The summed E-state index contributed by atoms with van der Waals surface area (Å²) in [4.78, 5) is 36.3. The molecule has 1 saturated heterocycles. The second-order valence-electron chi connectivity index (χ2n) is 9.64. The number of piperidine rings is 1. The number of H-pyrrole nitrogens is 1. The molecule has 10 nitrogen and oxygen atoms in total. The average Bonchev–Trinajstić information content (AvgIpc) is 3.15. The molecule has 4 heterocycles. The maximum Gasteiger partial charge on any atom is 0.408 e. The van der Waals surface area contributed by atoms with Gasteiger partial charge in [0.25, 0.3) is 5.56 Å². The fourth-order valence-corrected chi connectivity index (χ4v) is 4.83. The number of ether oxygens (including phenoxy) is 1. The third-order valence-electron chi connectivity index (χ3n) is 5.60. The Kier molecular flexibility index (Phi) is 6.52. The van der Waals surface area contributed by atoms with E-state index < -0.39 is 11.7 Å². The van der Waals surface area contributed by atoms with E-state index in [0.29, 0.717) is 34.2 Å². The Balaban J connectivity index is 1.44. The van der Waals surface area contributed by atoms with Crippen LogP contribution in [0, 0.1) is 0 Å². The minimum atomic E-state index is -0.533. The fourth-order valence-electron chi connectivity index (χ4n) is 3.66. The lowest BCUT2D eigenvalue weighted by atomic mass is 9.90. The largest absolute Gasteiger partial charge is 0.444 e. The van der Waals surface area contributed by atoms with Crippen molar-refractivity contribution in [2.24, 2.45) is 7.05 Å². The van der Waals surface area contributed by atoms with Crippen molar-refractivity contribution in [1.82, 2.24) is 30.0 Å². The Hall–Kier alpha value is -2.79. The third-order valence-corrected chi connectivity index (χ3v) is 7.12. The van der Waals surface area contributed by atoms with Gasteiger partial charge < -0.3 is 19.5 Å². The molecule has 182 valence electrons. The number of aromatic nitrogens is 5.